The van der Waals surface area contributed by atoms with Crippen LogP contribution in [0.15, 0.2) is 42.5 Å². The summed E-state index contributed by atoms with van der Waals surface area (Å²) in [5, 5.41) is 9.65. The van der Waals surface area contributed by atoms with Crippen molar-refractivity contribution in [3.05, 3.63) is 59.2 Å². The Morgan fingerprint density at radius 2 is 1.90 bits per heavy atom. The van der Waals surface area contributed by atoms with Crippen molar-refractivity contribution in [2.75, 3.05) is 12.8 Å². The van der Waals surface area contributed by atoms with Crippen molar-refractivity contribution in [2.45, 2.75) is 6.92 Å². The minimum Gasteiger partial charge on any atom is -0.508 e. The predicted molar refractivity (Wildman–Crippen MR) is 83.6 cm³/mol. The maximum absolute atomic E-state index is 12.1. The molecule has 0 aromatic heterocycles. The van der Waals surface area contributed by atoms with E-state index < -0.39 is 0 Å². The molecule has 0 aliphatic carbocycles. The van der Waals surface area contributed by atoms with E-state index in [1.807, 2.05) is 0 Å². The van der Waals surface area contributed by atoms with Gasteiger partial charge in [0, 0.05) is 22.9 Å². The first-order valence-corrected chi connectivity index (χ1v) is 6.47. The molecule has 4 heteroatoms. The van der Waals surface area contributed by atoms with E-state index in [0.29, 0.717) is 17.0 Å². The molecule has 0 spiro atoms. The first kappa shape index (κ1) is 14.7. The van der Waals surface area contributed by atoms with Gasteiger partial charge in [-0.15, -0.1) is 0 Å². The van der Waals surface area contributed by atoms with E-state index in [1.54, 1.807) is 43.3 Å². The first-order valence-electron chi connectivity index (χ1n) is 6.47. The number of nitrogens with two attached hydrogens (primary N) is 1. The summed E-state index contributed by atoms with van der Waals surface area (Å²) in [4.78, 5) is 12.1. The van der Waals surface area contributed by atoms with Gasteiger partial charge in [0.1, 0.15) is 11.5 Å². The number of aromatic hydroxyl groups is 1. The third-order valence-electron chi connectivity index (χ3n) is 3.16. The third-order valence-corrected chi connectivity index (χ3v) is 3.16. The summed E-state index contributed by atoms with van der Waals surface area (Å²) in [5.41, 5.74) is 8.22. The number of allylic oxidation sites excluding steroid dienone is 1. The molecule has 0 aliphatic rings. The largest absolute Gasteiger partial charge is 0.508 e. The number of carbonyl (C=O) groups is 1. The molecule has 0 amide bonds. The number of hydrogen-bond acceptors (Lipinski definition) is 4. The molecular weight excluding hydrogens is 266 g/mol. The van der Waals surface area contributed by atoms with Gasteiger partial charge >= 0.3 is 0 Å². The number of benzene rings is 2. The van der Waals surface area contributed by atoms with Crippen LogP contribution in [0.4, 0.5) is 5.69 Å². The van der Waals surface area contributed by atoms with Crippen molar-refractivity contribution in [1.82, 2.24) is 0 Å². The molecule has 2 aromatic carbocycles. The predicted octanol–water partition coefficient (Wildman–Crippen LogP) is 3.19. The number of methoxy groups -OCH3 is 1. The lowest BCUT2D eigenvalue weighted by molar-refractivity contribution is 0.104. The average Bonchev–Trinajstić information content (AvgIpc) is 2.48. The third kappa shape index (κ3) is 3.42. The van der Waals surface area contributed by atoms with Crippen LogP contribution in [0.3, 0.4) is 0 Å². The Morgan fingerprint density at radius 1 is 1.24 bits per heavy atom. The Kier molecular flexibility index (Phi) is 4.28. The van der Waals surface area contributed by atoms with Crippen molar-refractivity contribution in [3.8, 4) is 11.5 Å². The summed E-state index contributed by atoms with van der Waals surface area (Å²) < 4.78 is 5.20. The number of ketones is 1. The molecule has 0 fully saturated rings. The van der Waals surface area contributed by atoms with Gasteiger partial charge in [0.2, 0.25) is 0 Å². The highest BCUT2D eigenvalue weighted by atomic mass is 16.5. The van der Waals surface area contributed by atoms with Gasteiger partial charge in [-0.25, -0.2) is 0 Å². The molecule has 2 aromatic rings. The second-order valence-electron chi connectivity index (χ2n) is 4.70. The average molecular weight is 283 g/mol. The van der Waals surface area contributed by atoms with E-state index in [9.17, 15) is 9.90 Å². The van der Waals surface area contributed by atoms with Crippen molar-refractivity contribution in [3.63, 3.8) is 0 Å². The molecule has 2 rings (SSSR count). The molecule has 108 valence electrons. The lowest BCUT2D eigenvalue weighted by Crippen LogP contribution is -1.95. The van der Waals surface area contributed by atoms with Crippen LogP contribution >= 0.6 is 0 Å². The fraction of sp³-hybridized carbons (Fsp3) is 0.118. The summed E-state index contributed by atoms with van der Waals surface area (Å²) in [6.07, 6.45) is 3.14. The molecule has 0 aliphatic heterocycles. The zero-order valence-corrected chi connectivity index (χ0v) is 12.0. The maximum Gasteiger partial charge on any atom is 0.185 e. The smallest absolute Gasteiger partial charge is 0.185 e. The Labute approximate surface area is 123 Å². The number of rotatable bonds is 4. The lowest BCUT2D eigenvalue weighted by atomic mass is 10.1. The van der Waals surface area contributed by atoms with E-state index in [1.165, 1.54) is 19.3 Å². The van der Waals surface area contributed by atoms with Gasteiger partial charge in [0.15, 0.2) is 5.78 Å². The van der Waals surface area contributed by atoms with Gasteiger partial charge in [0.25, 0.3) is 0 Å². The quantitative estimate of drug-likeness (QED) is 0.513. The summed E-state index contributed by atoms with van der Waals surface area (Å²) in [6, 6.07) is 10.0. The monoisotopic (exact) mass is 283 g/mol. The summed E-state index contributed by atoms with van der Waals surface area (Å²) in [6.45, 7) is 1.79. The molecule has 0 saturated heterocycles. The summed E-state index contributed by atoms with van der Waals surface area (Å²) >= 11 is 0. The highest BCUT2D eigenvalue weighted by Gasteiger charge is 2.06. The van der Waals surface area contributed by atoms with Gasteiger partial charge in [-0.2, -0.15) is 0 Å². The molecule has 0 radical (unpaired) electrons. The van der Waals surface area contributed by atoms with E-state index in [0.717, 1.165) is 11.1 Å². The number of ether oxygens (including phenoxy) is 1. The summed E-state index contributed by atoms with van der Waals surface area (Å²) in [5.74, 6) is 0.552. The second-order valence-corrected chi connectivity index (χ2v) is 4.70. The maximum atomic E-state index is 12.1. The Balaban J connectivity index is 2.26. The van der Waals surface area contributed by atoms with Crippen LogP contribution in [-0.2, 0) is 0 Å². The first-order chi connectivity index (χ1) is 10.0. The number of phenols is 1. The zero-order valence-electron chi connectivity index (χ0n) is 12.0. The number of carbonyl (C=O) groups excluding carboxylic acids is 1. The lowest BCUT2D eigenvalue weighted by Gasteiger charge is -2.07. The molecule has 3 N–H and O–H groups in total. The van der Waals surface area contributed by atoms with Crippen LogP contribution in [0.1, 0.15) is 21.5 Å². The molecular formula is C17H17NO3. The minimum atomic E-state index is -0.122. The Hall–Kier alpha value is -2.75. The van der Waals surface area contributed by atoms with Crippen molar-refractivity contribution in [1.29, 1.82) is 0 Å². The number of phenolic OH excluding ortho intramolecular Hbond substituents is 1. The second kappa shape index (κ2) is 6.13. The molecule has 0 heterocycles. The number of hydrogen-bond donors (Lipinski definition) is 2. The summed E-state index contributed by atoms with van der Waals surface area (Å²) in [7, 11) is 1.52. The van der Waals surface area contributed by atoms with Crippen LogP contribution in [0.25, 0.3) is 6.08 Å². The fourth-order valence-corrected chi connectivity index (χ4v) is 1.92. The fourth-order valence-electron chi connectivity index (χ4n) is 1.92. The van der Waals surface area contributed by atoms with Gasteiger partial charge in [0.05, 0.1) is 7.11 Å². The van der Waals surface area contributed by atoms with Crippen LogP contribution in [0.5, 0.6) is 11.5 Å². The highest BCUT2D eigenvalue weighted by molar-refractivity contribution is 6.07. The molecule has 0 saturated carbocycles. The zero-order chi connectivity index (χ0) is 15.4. The van der Waals surface area contributed by atoms with Gasteiger partial charge < -0.3 is 15.6 Å². The normalized spacial score (nSPS) is 10.8. The van der Waals surface area contributed by atoms with E-state index in [2.05, 4.69) is 0 Å². The van der Waals surface area contributed by atoms with E-state index in [4.69, 9.17) is 10.5 Å². The van der Waals surface area contributed by atoms with Crippen LogP contribution in [0, 0.1) is 6.92 Å². The number of anilines is 1. The Morgan fingerprint density at radius 3 is 2.52 bits per heavy atom. The van der Waals surface area contributed by atoms with Crippen molar-refractivity contribution >= 4 is 17.5 Å². The number of aryl methyl sites for hydroxylation is 1. The van der Waals surface area contributed by atoms with Crippen LogP contribution in [-0.4, -0.2) is 18.0 Å². The molecule has 0 bridgehead atoms. The van der Waals surface area contributed by atoms with Crippen molar-refractivity contribution in [2.24, 2.45) is 0 Å². The van der Waals surface area contributed by atoms with Crippen LogP contribution < -0.4 is 10.5 Å². The molecule has 4 nitrogen and oxygen atoms in total. The minimum absolute atomic E-state index is 0.122. The van der Waals surface area contributed by atoms with Gasteiger partial charge in [-0.3, -0.25) is 4.79 Å². The highest BCUT2D eigenvalue weighted by Crippen LogP contribution is 2.28. The molecule has 21 heavy (non-hydrogen) atoms. The standard InChI is InChI=1S/C17H17NO3/c1-11-9-13(17(21-2)10-16(11)20)5-8-15(19)12-3-6-14(18)7-4-12/h3-10,20H,18H2,1-2H3/b8-5+. The molecule has 0 atom stereocenters. The van der Waals surface area contributed by atoms with Gasteiger partial charge in [-0.05, 0) is 55.0 Å². The van der Waals surface area contributed by atoms with Gasteiger partial charge in [-0.1, -0.05) is 0 Å². The van der Waals surface area contributed by atoms with E-state index in [-0.39, 0.29) is 11.5 Å². The molecule has 0 unspecified atom stereocenters. The van der Waals surface area contributed by atoms with Crippen LogP contribution in [0.2, 0.25) is 0 Å². The number of nitrogen functional groups attached to an aromatic ring is 1. The van der Waals surface area contributed by atoms with Crippen molar-refractivity contribution < 1.29 is 14.6 Å². The topological polar surface area (TPSA) is 72.5 Å². The Bertz CT molecular complexity index is 688. The SMILES string of the molecule is COc1cc(O)c(C)cc1/C=C/C(=O)c1ccc(N)cc1. The van der Waals surface area contributed by atoms with E-state index >= 15 is 0 Å².